The summed E-state index contributed by atoms with van der Waals surface area (Å²) in [6.07, 6.45) is 10.9. The van der Waals surface area contributed by atoms with Crippen molar-refractivity contribution in [2.45, 2.75) is 151 Å². The Morgan fingerprint density at radius 1 is 0.943 bits per heavy atom. The van der Waals surface area contributed by atoms with Crippen LogP contribution in [0.4, 0.5) is 4.79 Å². The van der Waals surface area contributed by atoms with Crippen LogP contribution in [0.15, 0.2) is 17.8 Å². The zero-order valence-electron chi connectivity index (χ0n) is 33.0. The van der Waals surface area contributed by atoms with Crippen LogP contribution in [0.25, 0.3) is 0 Å². The minimum absolute atomic E-state index is 0.0262. The molecule has 4 saturated carbocycles. The largest absolute Gasteiger partial charge is 0.513 e. The fraction of sp³-hybridized carbons (Fsp3) is 0.805. The van der Waals surface area contributed by atoms with Gasteiger partial charge in [0.15, 0.2) is 0 Å². The molecule has 12 nitrogen and oxygen atoms in total. The molecule has 2 unspecified atom stereocenters. The van der Waals surface area contributed by atoms with Gasteiger partial charge in [-0.2, -0.15) is 0 Å². The van der Waals surface area contributed by atoms with Crippen LogP contribution in [0.5, 0.6) is 0 Å². The normalized spacial score (nSPS) is 39.9. The van der Waals surface area contributed by atoms with Crippen molar-refractivity contribution in [3.05, 3.63) is 23.5 Å². The second kappa shape index (κ2) is 13.8. The zero-order chi connectivity index (χ0) is 38.8. The summed E-state index contributed by atoms with van der Waals surface area (Å²) in [5.74, 6) is -2.28. The third kappa shape index (κ3) is 6.22. The Kier molecular flexibility index (Phi) is 10.2. The Bertz CT molecular complexity index is 1650. The van der Waals surface area contributed by atoms with Gasteiger partial charge >= 0.3 is 24.1 Å². The fourth-order valence-electron chi connectivity index (χ4n) is 12.5. The summed E-state index contributed by atoms with van der Waals surface area (Å²) in [4.78, 5) is 50.5. The van der Waals surface area contributed by atoms with E-state index in [0.717, 1.165) is 44.9 Å². The van der Waals surface area contributed by atoms with Gasteiger partial charge in [0.2, 0.25) is 5.79 Å². The number of esters is 3. The summed E-state index contributed by atoms with van der Waals surface area (Å²) < 4.78 is 17.6. The number of hydrogen-bond acceptors (Lipinski definition) is 10. The number of hydrogen-bond donors (Lipinski definition) is 2. The van der Waals surface area contributed by atoms with Gasteiger partial charge in [0.1, 0.15) is 18.8 Å². The van der Waals surface area contributed by atoms with E-state index >= 15 is 0 Å². The molecule has 6 rings (SSSR count). The number of allylic oxidation sites excluding steroid dienone is 2. The third-order valence-electron chi connectivity index (χ3n) is 16.0. The van der Waals surface area contributed by atoms with Gasteiger partial charge in [-0.3, -0.25) is 9.59 Å². The number of unbranched alkanes of at least 4 members (excludes halogenated alkanes) is 1. The number of aromatic nitrogens is 3. The molecule has 0 bridgehead atoms. The first-order valence-electron chi connectivity index (χ1n) is 19.9. The Labute approximate surface area is 313 Å². The molecule has 5 aliphatic rings. The van der Waals surface area contributed by atoms with Gasteiger partial charge in [-0.15, -0.1) is 5.10 Å². The molecule has 1 aromatic rings. The minimum atomic E-state index is -1.68. The van der Waals surface area contributed by atoms with Crippen LogP contribution < -0.4 is 0 Å². The van der Waals surface area contributed by atoms with Crippen LogP contribution in [0.3, 0.4) is 0 Å². The maximum atomic E-state index is 13.7. The Morgan fingerprint density at radius 2 is 1.68 bits per heavy atom. The Balaban J connectivity index is 1.21. The summed E-state index contributed by atoms with van der Waals surface area (Å²) in [5.41, 5.74) is -0.283. The van der Waals surface area contributed by atoms with Crippen molar-refractivity contribution in [1.82, 2.24) is 15.0 Å². The van der Waals surface area contributed by atoms with Crippen LogP contribution in [0.2, 0.25) is 0 Å². The zero-order valence-corrected chi connectivity index (χ0v) is 33.0. The molecule has 4 fully saturated rings. The van der Waals surface area contributed by atoms with Crippen LogP contribution in [-0.4, -0.2) is 55.1 Å². The number of ether oxygens (including phenoxy) is 3. The number of aliphatic hydroxyl groups is 1. The van der Waals surface area contributed by atoms with Crippen LogP contribution >= 0.6 is 0 Å². The van der Waals surface area contributed by atoms with Gasteiger partial charge in [-0.25, -0.2) is 14.3 Å². The van der Waals surface area contributed by atoms with Gasteiger partial charge in [0, 0.05) is 18.3 Å². The van der Waals surface area contributed by atoms with E-state index in [4.69, 9.17) is 14.2 Å². The quantitative estimate of drug-likeness (QED) is 0.0841. The molecule has 0 aliphatic heterocycles. The number of nitrogens with zero attached hydrogens (tertiary/aromatic N) is 3. The first-order chi connectivity index (χ1) is 24.8. The molecular formula is C41H61N3O9. The summed E-state index contributed by atoms with van der Waals surface area (Å²) in [7, 11) is 0. The number of carboxylic acid groups (broad SMARTS) is 1. The molecule has 294 valence electrons. The summed E-state index contributed by atoms with van der Waals surface area (Å²) in [6.45, 7) is 17.5. The standard InChI is InChI=1S/C41H61N3O9/c1-9-10-11-31(45)51-24-27-22-44(43-42-27)23-32(46)53-41(50)21-18-37(6)29(36(41,4)5)15-16-39(8)30(37)13-12-28-33-26(3)25(2)14-17-40(33,20-19-38(28,39)7)34(47)52-35(48)49/h12,22,25-26,29-30,33,50H,9-11,13-21,23-24H2,1-8H3,(H,48,49)/t25-,26+,29?,30-,33+,37+,38-,39-,40+,41?/m1/s1. The van der Waals surface area contributed by atoms with Gasteiger partial charge in [-0.05, 0) is 104 Å². The first kappa shape index (κ1) is 39.4. The first-order valence-corrected chi connectivity index (χ1v) is 19.9. The highest BCUT2D eigenvalue weighted by Crippen LogP contribution is 2.76. The lowest BCUT2D eigenvalue weighted by molar-refractivity contribution is -0.318. The molecule has 1 heterocycles. The van der Waals surface area contributed by atoms with Crippen molar-refractivity contribution in [2.24, 2.45) is 56.7 Å². The van der Waals surface area contributed by atoms with E-state index in [1.165, 1.54) is 10.3 Å². The van der Waals surface area contributed by atoms with Crippen molar-refractivity contribution >= 4 is 24.1 Å². The van der Waals surface area contributed by atoms with E-state index in [0.29, 0.717) is 49.6 Å². The van der Waals surface area contributed by atoms with E-state index < -0.39 is 34.7 Å². The Morgan fingerprint density at radius 3 is 2.38 bits per heavy atom. The lowest BCUT2D eigenvalue weighted by Crippen LogP contribution is -2.68. The van der Waals surface area contributed by atoms with Gasteiger partial charge < -0.3 is 24.4 Å². The number of carbonyl (C=O) groups is 4. The average Bonchev–Trinajstić information content (AvgIpc) is 3.53. The SMILES string of the molecule is CCCCC(=O)OCc1cn(CC(=O)OC2(O)CC[C@@]3(C)C(CC[C@]4(C)[C@@H]3CC=C3[C@@H]5[C@@H](C)[C@H](C)CC[C@]5(C(=O)OC(=O)O)CC[C@]34C)C2(C)C)nn1. The lowest BCUT2D eigenvalue weighted by atomic mass is 9.33. The smallest absolute Gasteiger partial charge is 0.459 e. The highest BCUT2D eigenvalue weighted by atomic mass is 16.7. The van der Waals surface area contributed by atoms with E-state index in [1.54, 1.807) is 6.20 Å². The lowest BCUT2D eigenvalue weighted by Gasteiger charge is -2.72. The average molecular weight is 740 g/mol. The molecule has 53 heavy (non-hydrogen) atoms. The molecule has 0 aromatic carbocycles. The van der Waals surface area contributed by atoms with E-state index in [1.807, 2.05) is 20.8 Å². The van der Waals surface area contributed by atoms with E-state index in [2.05, 4.69) is 51.0 Å². The molecule has 0 spiro atoms. The predicted octanol–water partition coefficient (Wildman–Crippen LogP) is 7.62. The van der Waals surface area contributed by atoms with Crippen LogP contribution in [0, 0.1) is 56.7 Å². The minimum Gasteiger partial charge on any atom is -0.459 e. The maximum absolute atomic E-state index is 13.7. The highest BCUT2D eigenvalue weighted by Gasteiger charge is 2.71. The van der Waals surface area contributed by atoms with Crippen molar-refractivity contribution in [3.8, 4) is 0 Å². The molecule has 10 atom stereocenters. The summed E-state index contributed by atoms with van der Waals surface area (Å²) in [6, 6.07) is 0. The topological polar surface area (TPSA) is 167 Å². The van der Waals surface area contributed by atoms with E-state index in [9.17, 15) is 29.4 Å². The molecule has 12 heteroatoms. The summed E-state index contributed by atoms with van der Waals surface area (Å²) in [5, 5.41) is 29.7. The monoisotopic (exact) mass is 739 g/mol. The van der Waals surface area contributed by atoms with Gasteiger partial charge in [0.25, 0.3) is 0 Å². The van der Waals surface area contributed by atoms with E-state index in [-0.39, 0.29) is 53.1 Å². The second-order valence-corrected chi connectivity index (χ2v) is 18.6. The predicted molar refractivity (Wildman–Crippen MR) is 193 cm³/mol. The maximum Gasteiger partial charge on any atom is 0.513 e. The van der Waals surface area contributed by atoms with Gasteiger partial charge in [0.05, 0.1) is 11.6 Å². The number of fused-ring (bicyclic) bond motifs is 7. The van der Waals surface area contributed by atoms with Crippen molar-refractivity contribution < 1.29 is 43.6 Å². The van der Waals surface area contributed by atoms with Crippen molar-refractivity contribution in [1.29, 1.82) is 0 Å². The molecule has 2 N–H and O–H groups in total. The Hall–Kier alpha value is -3.28. The summed E-state index contributed by atoms with van der Waals surface area (Å²) >= 11 is 0. The number of carbonyl (C=O) groups excluding carboxylic acids is 3. The molecule has 1 aromatic heterocycles. The molecule has 0 amide bonds. The number of rotatable bonds is 9. The second-order valence-electron chi connectivity index (χ2n) is 18.6. The van der Waals surface area contributed by atoms with Crippen LogP contribution in [-0.2, 0) is 41.7 Å². The fourth-order valence-corrected chi connectivity index (χ4v) is 12.5. The van der Waals surface area contributed by atoms with Gasteiger partial charge in [-0.1, -0.05) is 78.7 Å². The third-order valence-corrected chi connectivity index (χ3v) is 16.0. The highest BCUT2D eigenvalue weighted by molar-refractivity contribution is 5.86. The molecular weight excluding hydrogens is 678 g/mol. The van der Waals surface area contributed by atoms with Crippen molar-refractivity contribution in [2.75, 3.05) is 0 Å². The molecule has 0 saturated heterocycles. The molecule has 0 radical (unpaired) electrons. The van der Waals surface area contributed by atoms with Crippen LogP contribution in [0.1, 0.15) is 138 Å². The van der Waals surface area contributed by atoms with Crippen molar-refractivity contribution in [3.63, 3.8) is 0 Å². The molecule has 5 aliphatic carbocycles.